The zero-order chi connectivity index (χ0) is 20.4. The fourth-order valence-electron chi connectivity index (χ4n) is 2.10. The molecule has 0 saturated heterocycles. The zero-order valence-electron chi connectivity index (χ0n) is 13.2. The van der Waals surface area contributed by atoms with Crippen LogP contribution in [0.5, 0.6) is 0 Å². The maximum atomic E-state index is 13.3. The summed E-state index contributed by atoms with van der Waals surface area (Å²) in [5.41, 5.74) is -1.42. The molecule has 0 unspecified atom stereocenters. The fourth-order valence-corrected chi connectivity index (χ4v) is 3.43. The molecule has 2 rings (SSSR count). The van der Waals surface area contributed by atoms with Crippen molar-refractivity contribution in [3.63, 3.8) is 0 Å². The molecule has 6 nitrogen and oxygen atoms in total. The van der Waals surface area contributed by atoms with Gasteiger partial charge in [0.2, 0.25) is 20.9 Å². The number of nitrogens with two attached hydrogens (primary N) is 1. The summed E-state index contributed by atoms with van der Waals surface area (Å²) in [7, 11) is -7.93. The van der Waals surface area contributed by atoms with Gasteiger partial charge >= 0.3 is 6.18 Å². The van der Waals surface area contributed by atoms with E-state index in [-0.39, 0.29) is 5.56 Å². The van der Waals surface area contributed by atoms with Gasteiger partial charge in [-0.2, -0.15) is 13.2 Å². The van der Waals surface area contributed by atoms with Gasteiger partial charge in [0.05, 0.1) is 11.3 Å². The molecule has 27 heavy (non-hydrogen) atoms. The topological polar surface area (TPSA) is 97.5 Å². The molecular weight excluding hydrogens is 412 g/mol. The number of hydrogen-bond donors (Lipinski definition) is 2. The summed E-state index contributed by atoms with van der Waals surface area (Å²) in [6, 6.07) is 6.24. The molecule has 0 bridgehead atoms. The number of hydrogen-bond acceptors (Lipinski definition) is 4. The number of alkyl halides is 3. The molecule has 146 valence electrons. The standard InChI is InChI=1S/C15H12F4N2O4S2/c16-12-4-5-13(14(9-12)27(20,24)25)21(26(22)23)7-6-10-2-1-3-11(8-10)15(17,18)19/h1-9,26H,(H2,20,24,25). The van der Waals surface area contributed by atoms with E-state index in [1.165, 1.54) is 6.07 Å². The predicted octanol–water partition coefficient (Wildman–Crippen LogP) is 2.50. The summed E-state index contributed by atoms with van der Waals surface area (Å²) in [6.07, 6.45) is -2.73. The van der Waals surface area contributed by atoms with Gasteiger partial charge in [-0.05, 0) is 42.0 Å². The van der Waals surface area contributed by atoms with Crippen molar-refractivity contribution in [2.24, 2.45) is 5.14 Å². The van der Waals surface area contributed by atoms with E-state index in [0.717, 1.165) is 42.6 Å². The molecule has 2 aromatic rings. The van der Waals surface area contributed by atoms with Crippen LogP contribution in [0.4, 0.5) is 23.2 Å². The van der Waals surface area contributed by atoms with Gasteiger partial charge in [0.15, 0.2) is 0 Å². The lowest BCUT2D eigenvalue weighted by molar-refractivity contribution is -0.137. The monoisotopic (exact) mass is 424 g/mol. The first kappa shape index (κ1) is 20.9. The highest BCUT2D eigenvalue weighted by atomic mass is 32.2. The first-order valence-corrected chi connectivity index (χ1v) is 9.68. The third-order valence-corrected chi connectivity index (χ3v) is 4.91. The minimum atomic E-state index is -4.59. The highest BCUT2D eigenvalue weighted by Crippen LogP contribution is 2.30. The van der Waals surface area contributed by atoms with Gasteiger partial charge in [0.1, 0.15) is 10.7 Å². The van der Waals surface area contributed by atoms with Gasteiger partial charge in [-0.25, -0.2) is 30.7 Å². The molecule has 0 aliphatic rings. The van der Waals surface area contributed by atoms with Gasteiger partial charge in [-0.3, -0.25) is 0 Å². The van der Waals surface area contributed by atoms with E-state index in [9.17, 15) is 34.4 Å². The molecule has 0 aliphatic carbocycles. The Morgan fingerprint density at radius 2 is 1.74 bits per heavy atom. The molecule has 0 radical (unpaired) electrons. The largest absolute Gasteiger partial charge is 0.416 e. The average molecular weight is 424 g/mol. The van der Waals surface area contributed by atoms with E-state index in [4.69, 9.17) is 5.14 Å². The molecule has 0 aromatic heterocycles. The molecule has 0 saturated carbocycles. The number of primary sulfonamides is 1. The van der Waals surface area contributed by atoms with Crippen molar-refractivity contribution in [1.82, 2.24) is 0 Å². The first-order chi connectivity index (χ1) is 12.4. The predicted molar refractivity (Wildman–Crippen MR) is 91.0 cm³/mol. The van der Waals surface area contributed by atoms with E-state index >= 15 is 0 Å². The van der Waals surface area contributed by atoms with Crippen LogP contribution in [0.3, 0.4) is 0 Å². The van der Waals surface area contributed by atoms with Gasteiger partial charge in [0.25, 0.3) is 0 Å². The maximum Gasteiger partial charge on any atom is 0.416 e. The maximum absolute atomic E-state index is 13.3. The molecule has 0 fully saturated rings. The van der Waals surface area contributed by atoms with Crippen LogP contribution in [-0.2, 0) is 27.1 Å². The van der Waals surface area contributed by atoms with Crippen molar-refractivity contribution >= 4 is 32.7 Å². The first-order valence-electron chi connectivity index (χ1n) is 7.01. The second-order valence-electron chi connectivity index (χ2n) is 5.18. The smallest absolute Gasteiger partial charge is 0.246 e. The number of sulfonamides is 1. The summed E-state index contributed by atoms with van der Waals surface area (Å²) < 4.78 is 98.2. The molecule has 0 atom stereocenters. The Morgan fingerprint density at radius 3 is 2.30 bits per heavy atom. The Morgan fingerprint density at radius 1 is 1.07 bits per heavy atom. The lowest BCUT2D eigenvalue weighted by atomic mass is 10.1. The Labute approximate surface area is 153 Å². The number of nitrogens with zero attached hydrogens (tertiary/aromatic N) is 1. The summed E-state index contributed by atoms with van der Waals surface area (Å²) in [4.78, 5) is -0.796. The Bertz CT molecular complexity index is 1060. The van der Waals surface area contributed by atoms with Gasteiger partial charge < -0.3 is 0 Å². The molecule has 0 aliphatic heterocycles. The van der Waals surface area contributed by atoms with Crippen LogP contribution in [0.15, 0.2) is 53.6 Å². The lowest BCUT2D eigenvalue weighted by Gasteiger charge is -2.16. The van der Waals surface area contributed by atoms with E-state index < -0.39 is 49.1 Å². The third-order valence-electron chi connectivity index (χ3n) is 3.27. The van der Waals surface area contributed by atoms with Crippen molar-refractivity contribution in [2.45, 2.75) is 11.1 Å². The van der Waals surface area contributed by atoms with Crippen LogP contribution in [0.1, 0.15) is 11.1 Å². The van der Waals surface area contributed by atoms with Crippen LogP contribution in [-0.4, -0.2) is 16.8 Å². The fraction of sp³-hybridized carbons (Fsp3) is 0.0667. The van der Waals surface area contributed by atoms with Crippen LogP contribution in [0, 0.1) is 5.82 Å². The van der Waals surface area contributed by atoms with E-state index in [1.807, 2.05) is 0 Å². The molecule has 12 heteroatoms. The highest BCUT2D eigenvalue weighted by molar-refractivity contribution is 7.89. The van der Waals surface area contributed by atoms with Gasteiger partial charge in [-0.1, -0.05) is 12.1 Å². The molecule has 2 N–H and O–H groups in total. The SMILES string of the molecule is NS(=O)(=O)c1cc(F)ccc1N(C=Cc1cccc(C(F)(F)F)c1)[SH](=O)=O. The molecule has 0 spiro atoms. The third kappa shape index (κ3) is 5.28. The van der Waals surface area contributed by atoms with Gasteiger partial charge in [-0.15, -0.1) is 0 Å². The number of halogens is 4. The number of thiol groups is 1. The van der Waals surface area contributed by atoms with Crippen LogP contribution < -0.4 is 9.44 Å². The van der Waals surface area contributed by atoms with Crippen LogP contribution in [0.25, 0.3) is 6.08 Å². The Hall–Kier alpha value is -2.44. The van der Waals surface area contributed by atoms with Gasteiger partial charge in [0, 0.05) is 6.20 Å². The van der Waals surface area contributed by atoms with Crippen molar-refractivity contribution in [1.29, 1.82) is 0 Å². The van der Waals surface area contributed by atoms with E-state index in [0.29, 0.717) is 10.4 Å². The molecule has 0 heterocycles. The second-order valence-corrected chi connectivity index (χ2v) is 7.61. The molecular formula is C15H12F4N2O4S2. The molecule has 2 aromatic carbocycles. The highest BCUT2D eigenvalue weighted by Gasteiger charge is 2.30. The van der Waals surface area contributed by atoms with Crippen molar-refractivity contribution in [2.75, 3.05) is 4.31 Å². The van der Waals surface area contributed by atoms with Crippen LogP contribution in [0.2, 0.25) is 0 Å². The minimum Gasteiger partial charge on any atom is -0.246 e. The van der Waals surface area contributed by atoms with E-state index in [1.54, 1.807) is 0 Å². The van der Waals surface area contributed by atoms with Crippen molar-refractivity contribution < 1.29 is 34.4 Å². The second kappa shape index (κ2) is 7.66. The summed E-state index contributed by atoms with van der Waals surface area (Å²) in [5.74, 6) is -0.967. The Kier molecular flexibility index (Phi) is 5.92. The van der Waals surface area contributed by atoms with E-state index in [2.05, 4.69) is 0 Å². The zero-order valence-corrected chi connectivity index (χ0v) is 14.9. The number of rotatable bonds is 5. The summed E-state index contributed by atoms with van der Waals surface area (Å²) >= 11 is 0. The normalized spacial score (nSPS) is 12.7. The lowest BCUT2D eigenvalue weighted by Crippen LogP contribution is -2.20. The number of benzene rings is 2. The Balaban J connectivity index is 2.51. The summed E-state index contributed by atoms with van der Waals surface area (Å²) in [6.45, 7) is 0. The minimum absolute atomic E-state index is 0.00550. The summed E-state index contributed by atoms with van der Waals surface area (Å²) in [5, 5.41) is 4.97. The average Bonchev–Trinajstić information content (AvgIpc) is 2.54. The van der Waals surface area contributed by atoms with Crippen LogP contribution >= 0.6 is 0 Å². The molecule has 0 amide bonds. The number of anilines is 1. The quantitative estimate of drug-likeness (QED) is 0.569. The van der Waals surface area contributed by atoms with Crippen molar-refractivity contribution in [3.05, 3.63) is 65.6 Å². The van der Waals surface area contributed by atoms with Crippen molar-refractivity contribution in [3.8, 4) is 0 Å².